The number of amides is 2. The minimum Gasteiger partial charge on any atom is -0.442 e. The molecule has 3 rings (SSSR count). The summed E-state index contributed by atoms with van der Waals surface area (Å²) in [7, 11) is 0. The maximum atomic E-state index is 11.8. The van der Waals surface area contributed by atoms with Crippen LogP contribution in [0.1, 0.15) is 38.5 Å². The van der Waals surface area contributed by atoms with Gasteiger partial charge in [-0.15, -0.1) is 0 Å². The lowest BCUT2D eigenvalue weighted by Crippen LogP contribution is -2.37. The van der Waals surface area contributed by atoms with Gasteiger partial charge in [0.1, 0.15) is 6.10 Å². The number of hydrogen-bond acceptors (Lipinski definition) is 4. The summed E-state index contributed by atoms with van der Waals surface area (Å²) in [5, 5.41) is 2.85. The van der Waals surface area contributed by atoms with Gasteiger partial charge in [0.05, 0.1) is 25.6 Å². The van der Waals surface area contributed by atoms with Gasteiger partial charge in [0.2, 0.25) is 5.91 Å². The highest BCUT2D eigenvalue weighted by Gasteiger charge is 2.40. The lowest BCUT2D eigenvalue weighted by molar-refractivity contribution is -0.125. The molecule has 1 N–H and O–H groups in total. The maximum Gasteiger partial charge on any atom is 0.410 e. The van der Waals surface area contributed by atoms with Crippen molar-refractivity contribution >= 4 is 12.0 Å². The fourth-order valence-corrected chi connectivity index (χ4v) is 2.81. The molecule has 0 bridgehead atoms. The Bertz CT molecular complexity index is 377. The number of nitrogens with zero attached hydrogens (tertiary/aromatic N) is 1. The lowest BCUT2D eigenvalue weighted by Gasteiger charge is -2.22. The van der Waals surface area contributed by atoms with Crippen LogP contribution in [0.25, 0.3) is 0 Å². The number of cyclic esters (lactones) is 1. The molecule has 2 aliphatic heterocycles. The normalized spacial score (nSPS) is 30.2. The van der Waals surface area contributed by atoms with Gasteiger partial charge in [-0.1, -0.05) is 0 Å². The number of carbonyl (C=O) groups is 2. The van der Waals surface area contributed by atoms with E-state index in [1.165, 1.54) is 0 Å². The minimum absolute atomic E-state index is 0.0159. The molecule has 6 nitrogen and oxygen atoms in total. The molecule has 0 spiro atoms. The molecule has 0 aromatic rings. The van der Waals surface area contributed by atoms with Crippen LogP contribution < -0.4 is 5.32 Å². The Labute approximate surface area is 118 Å². The predicted molar refractivity (Wildman–Crippen MR) is 71.2 cm³/mol. The first-order chi connectivity index (χ1) is 9.72. The fourth-order valence-electron chi connectivity index (χ4n) is 2.81. The summed E-state index contributed by atoms with van der Waals surface area (Å²) in [6, 6.07) is 0.374. The topological polar surface area (TPSA) is 67.9 Å². The molecule has 2 atom stereocenters. The lowest BCUT2D eigenvalue weighted by atomic mass is 10.1. The van der Waals surface area contributed by atoms with Crippen molar-refractivity contribution in [3.8, 4) is 0 Å². The van der Waals surface area contributed by atoms with Crippen LogP contribution in [0.2, 0.25) is 0 Å². The SMILES string of the molecule is O=C(CC1CCCCO1)NCC1CN(C2CC2)C(=O)O1. The third-order valence-corrected chi connectivity index (χ3v) is 4.10. The van der Waals surface area contributed by atoms with E-state index in [1.54, 1.807) is 4.90 Å². The van der Waals surface area contributed by atoms with Crippen LogP contribution in [0.15, 0.2) is 0 Å². The Morgan fingerprint density at radius 1 is 1.25 bits per heavy atom. The molecule has 1 saturated carbocycles. The molecular formula is C14H22N2O4. The van der Waals surface area contributed by atoms with E-state index in [0.29, 0.717) is 25.6 Å². The van der Waals surface area contributed by atoms with E-state index in [0.717, 1.165) is 38.7 Å². The third kappa shape index (κ3) is 3.42. The zero-order chi connectivity index (χ0) is 13.9. The van der Waals surface area contributed by atoms with Gasteiger partial charge in [0.15, 0.2) is 0 Å². The quantitative estimate of drug-likeness (QED) is 0.818. The van der Waals surface area contributed by atoms with Gasteiger partial charge in [-0.2, -0.15) is 0 Å². The number of nitrogens with one attached hydrogen (secondary N) is 1. The minimum atomic E-state index is -0.234. The summed E-state index contributed by atoms with van der Waals surface area (Å²) in [5.41, 5.74) is 0. The van der Waals surface area contributed by atoms with Gasteiger partial charge >= 0.3 is 6.09 Å². The van der Waals surface area contributed by atoms with Crippen molar-refractivity contribution in [3.05, 3.63) is 0 Å². The van der Waals surface area contributed by atoms with Crippen LogP contribution in [0.5, 0.6) is 0 Å². The molecule has 2 saturated heterocycles. The zero-order valence-corrected chi connectivity index (χ0v) is 11.7. The summed E-state index contributed by atoms with van der Waals surface area (Å²) < 4.78 is 10.8. The molecule has 112 valence electrons. The molecule has 1 aliphatic carbocycles. The number of rotatable bonds is 5. The highest BCUT2D eigenvalue weighted by molar-refractivity contribution is 5.76. The Morgan fingerprint density at radius 2 is 2.10 bits per heavy atom. The van der Waals surface area contributed by atoms with Gasteiger partial charge in [0.25, 0.3) is 0 Å². The van der Waals surface area contributed by atoms with E-state index in [2.05, 4.69) is 5.32 Å². The van der Waals surface area contributed by atoms with Crippen molar-refractivity contribution in [3.63, 3.8) is 0 Å². The Hall–Kier alpha value is -1.30. The molecule has 0 aromatic carbocycles. The van der Waals surface area contributed by atoms with E-state index in [9.17, 15) is 9.59 Å². The summed E-state index contributed by atoms with van der Waals surface area (Å²) in [5.74, 6) is -0.0159. The largest absolute Gasteiger partial charge is 0.442 e. The average Bonchev–Trinajstić information content (AvgIpc) is 3.21. The Balaban J connectivity index is 1.36. The number of ether oxygens (including phenoxy) is 2. The first-order valence-electron chi connectivity index (χ1n) is 7.58. The Morgan fingerprint density at radius 3 is 2.80 bits per heavy atom. The van der Waals surface area contributed by atoms with Gasteiger partial charge in [0, 0.05) is 12.6 Å². The second-order valence-electron chi connectivity index (χ2n) is 5.89. The predicted octanol–water partition coefficient (Wildman–Crippen LogP) is 1.04. The first kappa shape index (κ1) is 13.7. The summed E-state index contributed by atoms with van der Waals surface area (Å²) in [6.07, 6.45) is 5.36. The van der Waals surface area contributed by atoms with Crippen LogP contribution >= 0.6 is 0 Å². The van der Waals surface area contributed by atoms with Crippen molar-refractivity contribution in [2.75, 3.05) is 19.7 Å². The first-order valence-corrected chi connectivity index (χ1v) is 7.58. The van der Waals surface area contributed by atoms with Crippen molar-refractivity contribution in [2.24, 2.45) is 0 Å². The maximum absolute atomic E-state index is 11.8. The zero-order valence-electron chi connectivity index (χ0n) is 11.7. The second kappa shape index (κ2) is 5.99. The molecule has 0 aromatic heterocycles. The average molecular weight is 282 g/mol. The van der Waals surface area contributed by atoms with Crippen LogP contribution in [0, 0.1) is 0 Å². The van der Waals surface area contributed by atoms with Crippen LogP contribution in [-0.2, 0) is 14.3 Å². The summed E-state index contributed by atoms with van der Waals surface area (Å²) in [6.45, 7) is 1.76. The van der Waals surface area contributed by atoms with Gasteiger partial charge in [-0.25, -0.2) is 4.79 Å². The van der Waals surface area contributed by atoms with Crippen molar-refractivity contribution in [1.82, 2.24) is 10.2 Å². The van der Waals surface area contributed by atoms with Crippen molar-refractivity contribution in [2.45, 2.75) is 56.8 Å². The monoisotopic (exact) mass is 282 g/mol. The van der Waals surface area contributed by atoms with Crippen molar-refractivity contribution < 1.29 is 19.1 Å². The molecule has 3 fully saturated rings. The second-order valence-corrected chi connectivity index (χ2v) is 5.89. The summed E-state index contributed by atoms with van der Waals surface area (Å²) in [4.78, 5) is 25.2. The van der Waals surface area contributed by atoms with Gasteiger partial charge in [-0.05, 0) is 32.1 Å². The van der Waals surface area contributed by atoms with E-state index in [-0.39, 0.29) is 24.2 Å². The highest BCUT2D eigenvalue weighted by Crippen LogP contribution is 2.30. The van der Waals surface area contributed by atoms with Crippen LogP contribution in [0.3, 0.4) is 0 Å². The summed E-state index contributed by atoms with van der Waals surface area (Å²) >= 11 is 0. The van der Waals surface area contributed by atoms with Gasteiger partial charge < -0.3 is 19.7 Å². The van der Waals surface area contributed by atoms with E-state index in [1.807, 2.05) is 0 Å². The molecule has 3 aliphatic rings. The standard InChI is InChI=1S/C14H22N2O4/c17-13(7-11-3-1-2-6-19-11)15-8-12-9-16(10-4-5-10)14(18)20-12/h10-12H,1-9H2,(H,15,17). The fraction of sp³-hybridized carbons (Fsp3) is 0.857. The number of hydrogen-bond donors (Lipinski definition) is 1. The van der Waals surface area contributed by atoms with E-state index in [4.69, 9.17) is 9.47 Å². The number of carbonyl (C=O) groups excluding carboxylic acids is 2. The molecule has 0 radical (unpaired) electrons. The highest BCUT2D eigenvalue weighted by atomic mass is 16.6. The molecule has 2 heterocycles. The Kier molecular flexibility index (Phi) is 4.10. The van der Waals surface area contributed by atoms with Gasteiger partial charge in [-0.3, -0.25) is 4.79 Å². The van der Waals surface area contributed by atoms with Crippen LogP contribution in [-0.4, -0.2) is 54.8 Å². The smallest absolute Gasteiger partial charge is 0.410 e. The van der Waals surface area contributed by atoms with E-state index < -0.39 is 0 Å². The molecule has 20 heavy (non-hydrogen) atoms. The molecule has 6 heteroatoms. The van der Waals surface area contributed by atoms with E-state index >= 15 is 0 Å². The molecule has 2 unspecified atom stereocenters. The molecular weight excluding hydrogens is 260 g/mol. The van der Waals surface area contributed by atoms with Crippen LogP contribution in [0.4, 0.5) is 4.79 Å². The third-order valence-electron chi connectivity index (χ3n) is 4.10. The molecule has 2 amide bonds. The van der Waals surface area contributed by atoms with Crippen molar-refractivity contribution in [1.29, 1.82) is 0 Å².